The smallest absolute Gasteiger partial charge is 0.338 e. The number of nitriles is 1. The SMILES string of the molecule is N#Cc1ccc(C(=O)OCCO)cc1. The molecule has 4 heteroatoms. The lowest BCUT2D eigenvalue weighted by molar-refractivity contribution is 0.0434. The van der Waals surface area contributed by atoms with Crippen molar-refractivity contribution in [1.82, 2.24) is 0 Å². The highest BCUT2D eigenvalue weighted by atomic mass is 16.5. The van der Waals surface area contributed by atoms with Gasteiger partial charge in [0.25, 0.3) is 0 Å². The Bertz CT molecular complexity index is 351. The van der Waals surface area contributed by atoms with Crippen LogP contribution in [0.15, 0.2) is 24.3 Å². The molecule has 0 aliphatic heterocycles. The average molecular weight is 191 g/mol. The topological polar surface area (TPSA) is 70.3 Å². The van der Waals surface area contributed by atoms with E-state index in [-0.39, 0.29) is 13.2 Å². The summed E-state index contributed by atoms with van der Waals surface area (Å²) in [6.07, 6.45) is 0. The van der Waals surface area contributed by atoms with Gasteiger partial charge in [-0.05, 0) is 24.3 Å². The third-order valence-electron chi connectivity index (χ3n) is 1.57. The number of rotatable bonds is 3. The molecule has 1 aromatic rings. The molecule has 0 amide bonds. The van der Waals surface area contributed by atoms with Crippen LogP contribution in [-0.4, -0.2) is 24.3 Å². The minimum Gasteiger partial charge on any atom is -0.460 e. The largest absolute Gasteiger partial charge is 0.460 e. The summed E-state index contributed by atoms with van der Waals surface area (Å²) in [5.74, 6) is -0.497. The van der Waals surface area contributed by atoms with Crippen LogP contribution in [-0.2, 0) is 4.74 Å². The van der Waals surface area contributed by atoms with Gasteiger partial charge in [-0.2, -0.15) is 5.26 Å². The molecule has 0 bridgehead atoms. The van der Waals surface area contributed by atoms with Gasteiger partial charge in [0.15, 0.2) is 0 Å². The molecule has 0 fully saturated rings. The average Bonchev–Trinajstić information content (AvgIpc) is 2.26. The first-order valence-electron chi connectivity index (χ1n) is 4.06. The van der Waals surface area contributed by atoms with Gasteiger partial charge in [-0.25, -0.2) is 4.79 Å². The van der Waals surface area contributed by atoms with Crippen molar-refractivity contribution >= 4 is 5.97 Å². The second kappa shape index (κ2) is 5.00. The van der Waals surface area contributed by atoms with E-state index in [4.69, 9.17) is 10.4 Å². The molecule has 1 rings (SSSR count). The first kappa shape index (κ1) is 10.2. The molecule has 72 valence electrons. The number of aliphatic hydroxyl groups is 1. The number of hydrogen-bond donors (Lipinski definition) is 1. The Hall–Kier alpha value is -1.86. The molecule has 14 heavy (non-hydrogen) atoms. The molecule has 1 aromatic carbocycles. The maximum Gasteiger partial charge on any atom is 0.338 e. The molecule has 4 nitrogen and oxygen atoms in total. The summed E-state index contributed by atoms with van der Waals surface area (Å²) in [6, 6.07) is 8.04. The van der Waals surface area contributed by atoms with Crippen LogP contribution in [0.25, 0.3) is 0 Å². The summed E-state index contributed by atoms with van der Waals surface area (Å²) >= 11 is 0. The van der Waals surface area contributed by atoms with Crippen molar-refractivity contribution in [2.45, 2.75) is 0 Å². The van der Waals surface area contributed by atoms with Crippen molar-refractivity contribution in [2.75, 3.05) is 13.2 Å². The molecule has 0 aliphatic rings. The Kier molecular flexibility index (Phi) is 3.65. The third kappa shape index (κ3) is 2.57. The van der Waals surface area contributed by atoms with E-state index >= 15 is 0 Å². The predicted molar refractivity (Wildman–Crippen MR) is 48.5 cm³/mol. The van der Waals surface area contributed by atoms with Crippen LogP contribution in [0.4, 0.5) is 0 Å². The minimum atomic E-state index is -0.497. The van der Waals surface area contributed by atoms with E-state index in [0.29, 0.717) is 11.1 Å². The second-order valence-corrected chi connectivity index (χ2v) is 2.55. The number of carbonyl (C=O) groups excluding carboxylic acids is 1. The Morgan fingerprint density at radius 2 is 2.07 bits per heavy atom. The van der Waals surface area contributed by atoms with Crippen LogP contribution in [0, 0.1) is 11.3 Å². The lowest BCUT2D eigenvalue weighted by Crippen LogP contribution is -2.08. The third-order valence-corrected chi connectivity index (χ3v) is 1.57. The Labute approximate surface area is 81.4 Å². The molecule has 0 atom stereocenters. The lowest BCUT2D eigenvalue weighted by atomic mass is 10.1. The van der Waals surface area contributed by atoms with E-state index in [1.165, 1.54) is 24.3 Å². The summed E-state index contributed by atoms with van der Waals surface area (Å²) in [6.45, 7) is -0.207. The van der Waals surface area contributed by atoms with Crippen molar-refractivity contribution in [3.05, 3.63) is 35.4 Å². The highest BCUT2D eigenvalue weighted by Crippen LogP contribution is 2.04. The minimum absolute atomic E-state index is 0.0150. The predicted octanol–water partition coefficient (Wildman–Crippen LogP) is 0.707. The molecule has 0 spiro atoms. The summed E-state index contributed by atoms with van der Waals surface area (Å²) in [4.78, 5) is 11.2. The monoisotopic (exact) mass is 191 g/mol. The summed E-state index contributed by atoms with van der Waals surface area (Å²) in [5.41, 5.74) is 0.862. The molecular formula is C10H9NO3. The molecule has 0 heterocycles. The highest BCUT2D eigenvalue weighted by Gasteiger charge is 2.05. The maximum absolute atomic E-state index is 11.2. The molecule has 0 radical (unpaired) electrons. The lowest BCUT2D eigenvalue weighted by Gasteiger charge is -2.01. The van der Waals surface area contributed by atoms with Crippen molar-refractivity contribution in [1.29, 1.82) is 5.26 Å². The summed E-state index contributed by atoms with van der Waals surface area (Å²) in [5, 5.41) is 16.9. The first-order valence-corrected chi connectivity index (χ1v) is 4.06. The molecule has 0 aromatic heterocycles. The number of nitrogens with zero attached hydrogens (tertiary/aromatic N) is 1. The fourth-order valence-electron chi connectivity index (χ4n) is 0.903. The number of carbonyl (C=O) groups is 1. The van der Waals surface area contributed by atoms with Gasteiger partial charge in [0, 0.05) is 0 Å². The van der Waals surface area contributed by atoms with Crippen LogP contribution >= 0.6 is 0 Å². The van der Waals surface area contributed by atoms with Gasteiger partial charge in [-0.15, -0.1) is 0 Å². The number of aliphatic hydroxyl groups excluding tert-OH is 1. The van der Waals surface area contributed by atoms with Gasteiger partial charge in [0.05, 0.1) is 23.8 Å². The van der Waals surface area contributed by atoms with Crippen molar-refractivity contribution in [2.24, 2.45) is 0 Å². The van der Waals surface area contributed by atoms with Crippen molar-refractivity contribution < 1.29 is 14.6 Å². The van der Waals surface area contributed by atoms with E-state index in [2.05, 4.69) is 4.74 Å². The number of hydrogen-bond acceptors (Lipinski definition) is 4. The Morgan fingerprint density at radius 1 is 1.43 bits per heavy atom. The number of benzene rings is 1. The second-order valence-electron chi connectivity index (χ2n) is 2.55. The molecule has 0 aliphatic carbocycles. The van der Waals surface area contributed by atoms with Crippen molar-refractivity contribution in [3.63, 3.8) is 0 Å². The van der Waals surface area contributed by atoms with Crippen molar-refractivity contribution in [3.8, 4) is 6.07 Å². The van der Waals surface area contributed by atoms with Crippen LogP contribution in [0.5, 0.6) is 0 Å². The van der Waals surface area contributed by atoms with E-state index in [0.717, 1.165) is 0 Å². The number of ether oxygens (including phenoxy) is 1. The fourth-order valence-corrected chi connectivity index (χ4v) is 0.903. The van der Waals surface area contributed by atoms with Gasteiger partial charge in [0.2, 0.25) is 0 Å². The molecular weight excluding hydrogens is 182 g/mol. The van der Waals surface area contributed by atoms with Crippen LogP contribution in [0.2, 0.25) is 0 Å². The Morgan fingerprint density at radius 3 is 2.57 bits per heavy atom. The highest BCUT2D eigenvalue weighted by molar-refractivity contribution is 5.89. The summed E-state index contributed by atoms with van der Waals surface area (Å²) in [7, 11) is 0. The normalized spacial score (nSPS) is 9.14. The van der Waals surface area contributed by atoms with E-state index < -0.39 is 5.97 Å². The van der Waals surface area contributed by atoms with Gasteiger partial charge in [0.1, 0.15) is 6.61 Å². The van der Waals surface area contributed by atoms with E-state index in [1.54, 1.807) is 0 Å². The molecule has 0 saturated carbocycles. The quantitative estimate of drug-likeness (QED) is 0.714. The zero-order chi connectivity index (χ0) is 10.4. The van der Waals surface area contributed by atoms with Gasteiger partial charge >= 0.3 is 5.97 Å². The zero-order valence-electron chi connectivity index (χ0n) is 7.43. The van der Waals surface area contributed by atoms with Gasteiger partial charge in [-0.1, -0.05) is 0 Å². The molecule has 1 N–H and O–H groups in total. The standard InChI is InChI=1S/C10H9NO3/c11-7-8-1-3-9(4-2-8)10(13)14-6-5-12/h1-4,12H,5-6H2. The van der Waals surface area contributed by atoms with Gasteiger partial charge < -0.3 is 9.84 Å². The number of esters is 1. The molecule has 0 unspecified atom stereocenters. The first-order chi connectivity index (χ1) is 6.77. The van der Waals surface area contributed by atoms with Crippen LogP contribution < -0.4 is 0 Å². The summed E-state index contributed by atoms with van der Waals surface area (Å²) < 4.78 is 4.68. The van der Waals surface area contributed by atoms with Gasteiger partial charge in [-0.3, -0.25) is 0 Å². The Balaban J connectivity index is 2.68. The van der Waals surface area contributed by atoms with Crippen LogP contribution in [0.1, 0.15) is 15.9 Å². The van der Waals surface area contributed by atoms with Crippen LogP contribution in [0.3, 0.4) is 0 Å². The fraction of sp³-hybridized carbons (Fsp3) is 0.200. The molecule has 0 saturated heterocycles. The van der Waals surface area contributed by atoms with E-state index in [1.807, 2.05) is 6.07 Å². The zero-order valence-corrected chi connectivity index (χ0v) is 7.43. The van der Waals surface area contributed by atoms with E-state index in [9.17, 15) is 4.79 Å². The maximum atomic E-state index is 11.2.